The van der Waals surface area contributed by atoms with Crippen LogP contribution >= 0.6 is 0 Å². The van der Waals surface area contributed by atoms with Crippen LogP contribution in [0.4, 0.5) is 17.6 Å². The van der Waals surface area contributed by atoms with Crippen LogP contribution in [0.2, 0.25) is 0 Å². The van der Waals surface area contributed by atoms with Gasteiger partial charge >= 0.3 is 6.18 Å². The second-order valence-electron chi connectivity index (χ2n) is 5.13. The number of sulfonamides is 1. The van der Waals surface area contributed by atoms with Gasteiger partial charge in [0.2, 0.25) is 10.0 Å². The van der Waals surface area contributed by atoms with Crippen LogP contribution in [-0.4, -0.2) is 33.9 Å². The second kappa shape index (κ2) is 6.51. The van der Waals surface area contributed by atoms with Gasteiger partial charge in [-0.25, -0.2) is 17.5 Å². The van der Waals surface area contributed by atoms with Crippen molar-refractivity contribution in [3.8, 4) is 0 Å². The van der Waals surface area contributed by atoms with E-state index in [0.717, 1.165) is 5.56 Å². The fourth-order valence-electron chi connectivity index (χ4n) is 2.24. The highest BCUT2D eigenvalue weighted by atomic mass is 32.2. The molecule has 0 saturated heterocycles. The van der Waals surface area contributed by atoms with Crippen molar-refractivity contribution in [1.29, 1.82) is 0 Å². The Morgan fingerprint density at radius 2 is 2.00 bits per heavy atom. The lowest BCUT2D eigenvalue weighted by atomic mass is 9.96. The van der Waals surface area contributed by atoms with Crippen molar-refractivity contribution in [2.24, 2.45) is 0 Å². The van der Waals surface area contributed by atoms with E-state index in [1.54, 1.807) is 6.07 Å². The van der Waals surface area contributed by atoms with Gasteiger partial charge in [0.15, 0.2) is 0 Å². The van der Waals surface area contributed by atoms with E-state index in [4.69, 9.17) is 0 Å². The number of hydrogen-bond acceptors (Lipinski definition) is 3. The summed E-state index contributed by atoms with van der Waals surface area (Å²) in [6.45, 7) is -0.889. The molecular formula is C13H16F4N2O2S. The maximum absolute atomic E-state index is 12.6. The minimum absolute atomic E-state index is 0.0890. The molecule has 9 heteroatoms. The van der Waals surface area contributed by atoms with Gasteiger partial charge in [0.1, 0.15) is 6.67 Å². The number of halogens is 4. The van der Waals surface area contributed by atoms with Crippen LogP contribution in [0.5, 0.6) is 0 Å². The van der Waals surface area contributed by atoms with E-state index in [1.807, 2.05) is 4.72 Å². The molecule has 1 aliphatic heterocycles. The highest BCUT2D eigenvalue weighted by molar-refractivity contribution is 7.89. The number of fused-ring (bicyclic) bond motifs is 1. The van der Waals surface area contributed by atoms with E-state index in [-0.39, 0.29) is 10.9 Å². The molecule has 2 N–H and O–H groups in total. The van der Waals surface area contributed by atoms with Crippen LogP contribution < -0.4 is 10.0 Å². The minimum atomic E-state index is -4.41. The summed E-state index contributed by atoms with van der Waals surface area (Å²) < 4.78 is 74.6. The van der Waals surface area contributed by atoms with Crippen molar-refractivity contribution in [2.45, 2.75) is 36.5 Å². The molecule has 0 spiro atoms. The Hall–Kier alpha value is -1.19. The summed E-state index contributed by atoms with van der Waals surface area (Å²) in [6.07, 6.45) is -5.19. The van der Waals surface area contributed by atoms with E-state index in [9.17, 15) is 26.0 Å². The molecule has 1 heterocycles. The van der Waals surface area contributed by atoms with E-state index < -0.39 is 35.8 Å². The zero-order valence-electron chi connectivity index (χ0n) is 11.6. The Bertz CT molecular complexity index is 631. The maximum atomic E-state index is 12.6. The number of hydrogen-bond donors (Lipinski definition) is 2. The third-order valence-electron chi connectivity index (χ3n) is 3.42. The lowest BCUT2D eigenvalue weighted by Crippen LogP contribution is -2.37. The fourth-order valence-corrected chi connectivity index (χ4v) is 3.33. The summed E-state index contributed by atoms with van der Waals surface area (Å²) in [5.74, 6) is 0. The lowest BCUT2D eigenvalue weighted by molar-refractivity contribution is -0.132. The smallest absolute Gasteiger partial charge is 0.307 e. The standard InChI is InChI=1S/C13H16F4N2O2S/c14-7-11-5-9-1-2-12(6-10(9)8-18-11)22(20,21)19-4-3-13(15,16)17/h1-2,6,11,18-19H,3-5,7-8H2/t11-/m1/s1. The molecule has 2 rings (SSSR count). The number of benzene rings is 1. The Morgan fingerprint density at radius 3 is 2.64 bits per heavy atom. The number of alkyl halides is 4. The summed E-state index contributed by atoms with van der Waals surface area (Å²) in [7, 11) is -3.99. The Kier molecular flexibility index (Phi) is 5.08. The quantitative estimate of drug-likeness (QED) is 0.805. The average molecular weight is 340 g/mol. The lowest BCUT2D eigenvalue weighted by Gasteiger charge is -2.24. The molecule has 0 radical (unpaired) electrons. The van der Waals surface area contributed by atoms with Gasteiger partial charge in [-0.1, -0.05) is 6.07 Å². The first-order valence-corrected chi connectivity index (χ1v) is 8.17. The second-order valence-corrected chi connectivity index (χ2v) is 6.90. The average Bonchev–Trinajstić information content (AvgIpc) is 2.44. The molecule has 1 aliphatic rings. The van der Waals surface area contributed by atoms with Gasteiger partial charge in [-0.3, -0.25) is 0 Å². The van der Waals surface area contributed by atoms with Gasteiger partial charge in [-0.2, -0.15) is 13.2 Å². The van der Waals surface area contributed by atoms with Crippen LogP contribution in [0.25, 0.3) is 0 Å². The van der Waals surface area contributed by atoms with Crippen LogP contribution in [-0.2, 0) is 23.0 Å². The van der Waals surface area contributed by atoms with Crippen LogP contribution in [0.3, 0.4) is 0 Å². The Labute approximate surface area is 126 Å². The first-order chi connectivity index (χ1) is 10.2. The third kappa shape index (κ3) is 4.40. The van der Waals surface area contributed by atoms with Gasteiger partial charge in [-0.15, -0.1) is 0 Å². The van der Waals surface area contributed by atoms with Gasteiger partial charge in [-0.05, 0) is 29.7 Å². The summed E-state index contributed by atoms with van der Waals surface area (Å²) in [4.78, 5) is -0.0890. The van der Waals surface area contributed by atoms with Crippen molar-refractivity contribution in [1.82, 2.24) is 10.0 Å². The minimum Gasteiger partial charge on any atom is -0.307 e. The molecule has 0 aliphatic carbocycles. The highest BCUT2D eigenvalue weighted by Crippen LogP contribution is 2.22. The van der Waals surface area contributed by atoms with Gasteiger partial charge < -0.3 is 5.32 Å². The zero-order valence-corrected chi connectivity index (χ0v) is 12.4. The molecule has 0 aromatic heterocycles. The molecule has 0 fully saturated rings. The van der Waals surface area contributed by atoms with E-state index in [2.05, 4.69) is 5.32 Å². The number of rotatable bonds is 5. The molecule has 4 nitrogen and oxygen atoms in total. The predicted octanol–water partition coefficient (Wildman–Crippen LogP) is 1.90. The van der Waals surface area contributed by atoms with Crippen molar-refractivity contribution >= 4 is 10.0 Å². The fraction of sp³-hybridized carbons (Fsp3) is 0.538. The molecule has 1 aromatic carbocycles. The summed E-state index contributed by atoms with van der Waals surface area (Å²) in [5.41, 5.74) is 1.55. The molecule has 22 heavy (non-hydrogen) atoms. The van der Waals surface area contributed by atoms with Crippen LogP contribution in [0.1, 0.15) is 17.5 Å². The topological polar surface area (TPSA) is 58.2 Å². The normalized spacial score (nSPS) is 19.0. The molecular weight excluding hydrogens is 324 g/mol. The predicted molar refractivity (Wildman–Crippen MR) is 72.6 cm³/mol. The number of nitrogens with one attached hydrogen (secondary N) is 2. The third-order valence-corrected chi connectivity index (χ3v) is 4.88. The summed E-state index contributed by atoms with van der Waals surface area (Å²) in [5, 5.41) is 2.93. The Morgan fingerprint density at radius 1 is 1.27 bits per heavy atom. The molecule has 1 atom stereocenters. The van der Waals surface area contributed by atoms with E-state index in [0.29, 0.717) is 18.5 Å². The van der Waals surface area contributed by atoms with E-state index in [1.165, 1.54) is 12.1 Å². The van der Waals surface area contributed by atoms with Gasteiger partial charge in [0.05, 0.1) is 11.3 Å². The summed E-state index contributed by atoms with van der Waals surface area (Å²) >= 11 is 0. The van der Waals surface area contributed by atoms with Gasteiger partial charge in [0, 0.05) is 19.1 Å². The molecule has 0 amide bonds. The van der Waals surface area contributed by atoms with Crippen molar-refractivity contribution in [3.63, 3.8) is 0 Å². The van der Waals surface area contributed by atoms with Crippen LogP contribution in [0, 0.1) is 0 Å². The Balaban J connectivity index is 2.09. The highest BCUT2D eigenvalue weighted by Gasteiger charge is 2.28. The van der Waals surface area contributed by atoms with Crippen molar-refractivity contribution < 1.29 is 26.0 Å². The maximum Gasteiger partial charge on any atom is 0.390 e. The van der Waals surface area contributed by atoms with Crippen molar-refractivity contribution in [3.05, 3.63) is 29.3 Å². The first kappa shape index (κ1) is 17.2. The molecule has 0 bridgehead atoms. The molecule has 124 valence electrons. The van der Waals surface area contributed by atoms with Gasteiger partial charge in [0.25, 0.3) is 0 Å². The van der Waals surface area contributed by atoms with Crippen molar-refractivity contribution in [2.75, 3.05) is 13.2 Å². The first-order valence-electron chi connectivity index (χ1n) is 6.69. The van der Waals surface area contributed by atoms with E-state index >= 15 is 0 Å². The summed E-state index contributed by atoms with van der Waals surface area (Å²) in [6, 6.07) is 4.03. The largest absolute Gasteiger partial charge is 0.390 e. The molecule has 1 aromatic rings. The SMILES string of the molecule is O=S(=O)(NCCC(F)(F)F)c1ccc2c(c1)CN[C@@H](CF)C2. The monoisotopic (exact) mass is 340 g/mol. The zero-order chi connectivity index (χ0) is 16.4. The molecule has 0 unspecified atom stereocenters. The van der Waals surface area contributed by atoms with Crippen LogP contribution in [0.15, 0.2) is 23.1 Å². The molecule has 0 saturated carbocycles.